The summed E-state index contributed by atoms with van der Waals surface area (Å²) in [5, 5.41) is 2.80. The van der Waals surface area contributed by atoms with E-state index in [0.29, 0.717) is 24.1 Å². The smallest absolute Gasteiger partial charge is 0.406 e. The second-order valence-corrected chi connectivity index (χ2v) is 5.71. The topological polar surface area (TPSA) is 38.3 Å². The zero-order chi connectivity index (χ0) is 15.1. The van der Waals surface area contributed by atoms with Crippen LogP contribution in [0.15, 0.2) is 18.2 Å². The van der Waals surface area contributed by atoms with E-state index in [2.05, 4.69) is 10.1 Å². The standard InChI is InChI=1S/C15H16F3NO2/c16-15(17,18)21-10-5-6-12-11(9-10)14(13(20)19-12)7-3-1-2-4-8-14/h5-6,9H,1-4,7-8H2,(H,19,20). The first-order valence-electron chi connectivity index (χ1n) is 7.12. The molecule has 0 bridgehead atoms. The molecular formula is C15H16F3NO2. The predicted octanol–water partition coefficient (Wildman–Crippen LogP) is 4.13. The van der Waals surface area contributed by atoms with Crippen LogP contribution in [-0.4, -0.2) is 12.3 Å². The maximum Gasteiger partial charge on any atom is 0.573 e. The van der Waals surface area contributed by atoms with Crippen LogP contribution >= 0.6 is 0 Å². The summed E-state index contributed by atoms with van der Waals surface area (Å²) < 4.78 is 41.1. The van der Waals surface area contributed by atoms with Gasteiger partial charge < -0.3 is 10.1 Å². The molecule has 2 aliphatic rings. The molecule has 1 aromatic rings. The van der Waals surface area contributed by atoms with Gasteiger partial charge in [0, 0.05) is 5.69 Å². The van der Waals surface area contributed by atoms with Gasteiger partial charge in [-0.25, -0.2) is 0 Å². The molecule has 3 nitrogen and oxygen atoms in total. The van der Waals surface area contributed by atoms with Crippen molar-refractivity contribution in [2.45, 2.75) is 50.3 Å². The number of fused-ring (bicyclic) bond motifs is 2. The van der Waals surface area contributed by atoms with Gasteiger partial charge in [-0.1, -0.05) is 25.7 Å². The fourth-order valence-electron chi connectivity index (χ4n) is 3.42. The lowest BCUT2D eigenvalue weighted by atomic mass is 9.75. The minimum absolute atomic E-state index is 0.0939. The Labute approximate surface area is 120 Å². The molecule has 1 aliphatic carbocycles. The van der Waals surface area contributed by atoms with Crippen LogP contribution in [0.3, 0.4) is 0 Å². The number of ether oxygens (including phenoxy) is 1. The van der Waals surface area contributed by atoms with Crippen molar-refractivity contribution < 1.29 is 22.7 Å². The number of halogens is 3. The van der Waals surface area contributed by atoms with Crippen LogP contribution in [0.5, 0.6) is 5.75 Å². The van der Waals surface area contributed by atoms with E-state index in [1.165, 1.54) is 18.2 Å². The highest BCUT2D eigenvalue weighted by Gasteiger charge is 2.46. The van der Waals surface area contributed by atoms with Crippen LogP contribution in [0.25, 0.3) is 0 Å². The van der Waals surface area contributed by atoms with E-state index in [4.69, 9.17) is 0 Å². The zero-order valence-electron chi connectivity index (χ0n) is 11.4. The van der Waals surface area contributed by atoms with Crippen molar-refractivity contribution in [3.8, 4) is 5.75 Å². The minimum atomic E-state index is -4.72. The second kappa shape index (κ2) is 4.93. The fraction of sp³-hybridized carbons (Fsp3) is 0.533. The zero-order valence-corrected chi connectivity index (χ0v) is 11.4. The number of amides is 1. The van der Waals surface area contributed by atoms with Crippen molar-refractivity contribution >= 4 is 11.6 Å². The Morgan fingerprint density at radius 1 is 1.10 bits per heavy atom. The average molecular weight is 299 g/mol. The molecule has 0 aromatic heterocycles. The highest BCUT2D eigenvalue weighted by atomic mass is 19.4. The first-order chi connectivity index (χ1) is 9.91. The molecule has 1 N–H and O–H groups in total. The summed E-state index contributed by atoms with van der Waals surface area (Å²) in [6.07, 6.45) is 0.587. The maximum absolute atomic E-state index is 12.4. The van der Waals surface area contributed by atoms with Gasteiger partial charge in [-0.3, -0.25) is 4.79 Å². The molecule has 114 valence electrons. The number of carbonyl (C=O) groups excluding carboxylic acids is 1. The largest absolute Gasteiger partial charge is 0.573 e. The molecule has 3 rings (SSSR count). The second-order valence-electron chi connectivity index (χ2n) is 5.71. The Kier molecular flexibility index (Phi) is 3.34. The van der Waals surface area contributed by atoms with E-state index in [9.17, 15) is 18.0 Å². The first-order valence-corrected chi connectivity index (χ1v) is 7.12. The summed E-state index contributed by atoms with van der Waals surface area (Å²) in [5.41, 5.74) is 0.573. The molecule has 1 saturated carbocycles. The van der Waals surface area contributed by atoms with Gasteiger partial charge in [-0.05, 0) is 36.6 Å². The third-order valence-electron chi connectivity index (χ3n) is 4.38. The molecule has 1 aliphatic heterocycles. The van der Waals surface area contributed by atoms with Gasteiger partial charge in [0.05, 0.1) is 5.41 Å². The average Bonchev–Trinajstić information content (AvgIpc) is 2.56. The van der Waals surface area contributed by atoms with Gasteiger partial charge in [-0.2, -0.15) is 0 Å². The molecule has 1 amide bonds. The molecule has 1 fully saturated rings. The number of hydrogen-bond donors (Lipinski definition) is 1. The van der Waals surface area contributed by atoms with Gasteiger partial charge in [0.2, 0.25) is 5.91 Å². The molecule has 0 saturated heterocycles. The van der Waals surface area contributed by atoms with Crippen LogP contribution in [0.1, 0.15) is 44.1 Å². The summed E-state index contributed by atoms with van der Waals surface area (Å²) in [7, 11) is 0. The van der Waals surface area contributed by atoms with Crippen molar-refractivity contribution in [1.29, 1.82) is 0 Å². The third kappa shape index (κ3) is 2.59. The molecule has 0 unspecified atom stereocenters. The summed E-state index contributed by atoms with van der Waals surface area (Å²) in [6.45, 7) is 0. The third-order valence-corrected chi connectivity index (χ3v) is 4.38. The number of hydrogen-bond acceptors (Lipinski definition) is 2. The normalized spacial score (nSPS) is 20.8. The van der Waals surface area contributed by atoms with Gasteiger partial charge in [0.1, 0.15) is 5.75 Å². The summed E-state index contributed by atoms with van der Waals surface area (Å²) in [6, 6.07) is 4.10. The van der Waals surface area contributed by atoms with E-state index in [1.807, 2.05) is 0 Å². The van der Waals surface area contributed by atoms with Crippen LogP contribution in [0.4, 0.5) is 18.9 Å². The monoisotopic (exact) mass is 299 g/mol. The van der Waals surface area contributed by atoms with Crippen molar-refractivity contribution in [2.75, 3.05) is 5.32 Å². The van der Waals surface area contributed by atoms with Crippen LogP contribution in [0, 0.1) is 0 Å². The van der Waals surface area contributed by atoms with Crippen LogP contribution in [0.2, 0.25) is 0 Å². The van der Waals surface area contributed by atoms with Crippen molar-refractivity contribution in [3.05, 3.63) is 23.8 Å². The molecular weight excluding hydrogens is 283 g/mol. The number of rotatable bonds is 1. The van der Waals surface area contributed by atoms with E-state index in [-0.39, 0.29) is 11.7 Å². The molecule has 21 heavy (non-hydrogen) atoms. The fourth-order valence-corrected chi connectivity index (χ4v) is 3.42. The van der Waals surface area contributed by atoms with Crippen molar-refractivity contribution in [2.24, 2.45) is 0 Å². The van der Waals surface area contributed by atoms with E-state index in [1.54, 1.807) is 0 Å². The Morgan fingerprint density at radius 3 is 2.38 bits per heavy atom. The van der Waals surface area contributed by atoms with Crippen molar-refractivity contribution in [1.82, 2.24) is 0 Å². The highest BCUT2D eigenvalue weighted by molar-refractivity contribution is 6.06. The molecule has 0 radical (unpaired) electrons. The minimum Gasteiger partial charge on any atom is -0.406 e. The number of benzene rings is 1. The van der Waals surface area contributed by atoms with Gasteiger partial charge in [-0.15, -0.1) is 13.2 Å². The Bertz CT molecular complexity index is 561. The predicted molar refractivity (Wildman–Crippen MR) is 71.1 cm³/mol. The number of nitrogens with one attached hydrogen (secondary N) is 1. The van der Waals surface area contributed by atoms with Gasteiger partial charge >= 0.3 is 6.36 Å². The Balaban J connectivity index is 1.99. The summed E-state index contributed by atoms with van der Waals surface area (Å²) in [5.74, 6) is -0.357. The van der Waals surface area contributed by atoms with E-state index < -0.39 is 11.8 Å². The molecule has 1 aromatic carbocycles. The summed E-state index contributed by atoms with van der Waals surface area (Å²) >= 11 is 0. The molecule has 6 heteroatoms. The number of alkyl halides is 3. The number of anilines is 1. The van der Waals surface area contributed by atoms with Crippen molar-refractivity contribution in [3.63, 3.8) is 0 Å². The molecule has 0 atom stereocenters. The maximum atomic E-state index is 12.4. The Morgan fingerprint density at radius 2 is 1.76 bits per heavy atom. The lowest BCUT2D eigenvalue weighted by molar-refractivity contribution is -0.274. The van der Waals surface area contributed by atoms with E-state index >= 15 is 0 Å². The number of carbonyl (C=O) groups is 1. The lowest BCUT2D eigenvalue weighted by Crippen LogP contribution is -2.33. The molecule has 1 spiro atoms. The molecule has 1 heterocycles. The Hall–Kier alpha value is -1.72. The SMILES string of the molecule is O=C1Nc2ccc(OC(F)(F)F)cc2C12CCCCCC2. The first kappa shape index (κ1) is 14.2. The van der Waals surface area contributed by atoms with Crippen LogP contribution in [-0.2, 0) is 10.2 Å². The van der Waals surface area contributed by atoms with Gasteiger partial charge in [0.25, 0.3) is 0 Å². The van der Waals surface area contributed by atoms with Gasteiger partial charge in [0.15, 0.2) is 0 Å². The van der Waals surface area contributed by atoms with Crippen LogP contribution < -0.4 is 10.1 Å². The summed E-state index contributed by atoms with van der Waals surface area (Å²) in [4.78, 5) is 12.4. The highest BCUT2D eigenvalue weighted by Crippen LogP contribution is 2.47. The van der Waals surface area contributed by atoms with E-state index in [0.717, 1.165) is 25.7 Å². The lowest BCUT2D eigenvalue weighted by Gasteiger charge is -2.25. The quantitative estimate of drug-likeness (QED) is 0.846.